The normalized spacial score (nSPS) is 40.4. The van der Waals surface area contributed by atoms with Gasteiger partial charge in [-0.3, -0.25) is 10.1 Å². The number of hydrogen-bond acceptors (Lipinski definition) is 3. The molecular weight excluding hydrogens is 184 g/mol. The second-order valence-electron chi connectivity index (χ2n) is 4.02. The van der Waals surface area contributed by atoms with Crippen LogP contribution >= 0.6 is 11.8 Å². The van der Waals surface area contributed by atoms with Gasteiger partial charge >= 0.3 is 0 Å². The van der Waals surface area contributed by atoms with Gasteiger partial charge in [-0.05, 0) is 25.5 Å². The number of carbonyl (C=O) groups is 1. The van der Waals surface area contributed by atoms with Crippen molar-refractivity contribution in [2.24, 2.45) is 0 Å². The standard InChI is InChI=1S/C9H16N2OS/c1-7-8(12)10-5-9(11-7)3-2-4-13-6-9/h7,11H,2-6H2,1H3,(H,10,12). The molecule has 1 amide bonds. The van der Waals surface area contributed by atoms with Gasteiger partial charge in [0.15, 0.2) is 0 Å². The van der Waals surface area contributed by atoms with Crippen LogP contribution in [0.3, 0.4) is 0 Å². The zero-order chi connectivity index (χ0) is 9.31. The lowest BCUT2D eigenvalue weighted by molar-refractivity contribution is -0.125. The Morgan fingerprint density at radius 2 is 2.46 bits per heavy atom. The highest BCUT2D eigenvalue weighted by Crippen LogP contribution is 2.28. The fourth-order valence-electron chi connectivity index (χ4n) is 2.09. The average Bonchev–Trinajstić information content (AvgIpc) is 2.14. The van der Waals surface area contributed by atoms with Crippen LogP contribution in [-0.4, -0.2) is 35.5 Å². The first-order valence-corrected chi connectivity index (χ1v) is 6.01. The molecular formula is C9H16N2OS. The Bertz CT molecular complexity index is 214. The van der Waals surface area contributed by atoms with Gasteiger partial charge in [0.1, 0.15) is 0 Å². The van der Waals surface area contributed by atoms with Crippen molar-refractivity contribution in [2.75, 3.05) is 18.1 Å². The molecule has 2 aliphatic heterocycles. The summed E-state index contributed by atoms with van der Waals surface area (Å²) < 4.78 is 0. The number of thioether (sulfide) groups is 1. The molecule has 2 aliphatic rings. The van der Waals surface area contributed by atoms with Gasteiger partial charge in [0.05, 0.1) is 6.04 Å². The number of nitrogens with one attached hydrogen (secondary N) is 2. The molecule has 1 spiro atoms. The molecule has 0 saturated carbocycles. The number of piperazine rings is 1. The summed E-state index contributed by atoms with van der Waals surface area (Å²) in [7, 11) is 0. The maximum atomic E-state index is 11.2. The Balaban J connectivity index is 2.02. The van der Waals surface area contributed by atoms with Gasteiger partial charge in [0.25, 0.3) is 0 Å². The Kier molecular flexibility index (Phi) is 2.51. The minimum atomic E-state index is -0.0209. The van der Waals surface area contributed by atoms with Gasteiger partial charge in [-0.25, -0.2) is 0 Å². The molecule has 13 heavy (non-hydrogen) atoms. The van der Waals surface area contributed by atoms with E-state index in [1.165, 1.54) is 18.6 Å². The van der Waals surface area contributed by atoms with Crippen LogP contribution < -0.4 is 10.6 Å². The minimum absolute atomic E-state index is 0.0209. The number of rotatable bonds is 0. The highest BCUT2D eigenvalue weighted by atomic mass is 32.2. The van der Waals surface area contributed by atoms with E-state index in [1.54, 1.807) is 0 Å². The Morgan fingerprint density at radius 3 is 3.08 bits per heavy atom. The molecule has 0 aromatic rings. The van der Waals surface area contributed by atoms with Crippen LogP contribution in [-0.2, 0) is 4.79 Å². The molecule has 2 unspecified atom stereocenters. The maximum Gasteiger partial charge on any atom is 0.236 e. The zero-order valence-electron chi connectivity index (χ0n) is 7.93. The third-order valence-corrected chi connectivity index (χ3v) is 4.17. The largest absolute Gasteiger partial charge is 0.353 e. The van der Waals surface area contributed by atoms with E-state index in [9.17, 15) is 4.79 Å². The Labute approximate surface area is 83.0 Å². The van der Waals surface area contributed by atoms with Crippen molar-refractivity contribution in [3.63, 3.8) is 0 Å². The van der Waals surface area contributed by atoms with Crippen molar-refractivity contribution in [3.05, 3.63) is 0 Å². The van der Waals surface area contributed by atoms with Crippen LogP contribution in [0.2, 0.25) is 0 Å². The second kappa shape index (κ2) is 3.50. The van der Waals surface area contributed by atoms with Crippen molar-refractivity contribution in [2.45, 2.75) is 31.3 Å². The molecule has 2 fully saturated rings. The maximum absolute atomic E-state index is 11.2. The van der Waals surface area contributed by atoms with Crippen molar-refractivity contribution < 1.29 is 4.79 Å². The van der Waals surface area contributed by atoms with E-state index >= 15 is 0 Å². The summed E-state index contributed by atoms with van der Waals surface area (Å²) in [5, 5.41) is 6.43. The van der Waals surface area contributed by atoms with E-state index < -0.39 is 0 Å². The van der Waals surface area contributed by atoms with E-state index in [1.807, 2.05) is 18.7 Å². The molecule has 2 N–H and O–H groups in total. The third-order valence-electron chi connectivity index (χ3n) is 2.84. The van der Waals surface area contributed by atoms with Crippen LogP contribution in [0, 0.1) is 0 Å². The first-order chi connectivity index (χ1) is 6.22. The van der Waals surface area contributed by atoms with Gasteiger partial charge in [0, 0.05) is 17.8 Å². The van der Waals surface area contributed by atoms with Crippen LogP contribution in [0.15, 0.2) is 0 Å². The zero-order valence-corrected chi connectivity index (χ0v) is 8.75. The number of carbonyl (C=O) groups excluding carboxylic acids is 1. The molecule has 74 valence electrons. The summed E-state index contributed by atoms with van der Waals surface area (Å²) in [5.74, 6) is 2.55. The molecule has 0 radical (unpaired) electrons. The third kappa shape index (κ3) is 1.83. The quantitative estimate of drug-likeness (QED) is 0.593. The SMILES string of the molecule is CC1NC2(CCCSC2)CNC1=O. The van der Waals surface area contributed by atoms with Gasteiger partial charge in [0.2, 0.25) is 5.91 Å². The van der Waals surface area contributed by atoms with Gasteiger partial charge in [-0.2, -0.15) is 11.8 Å². The molecule has 2 heterocycles. The molecule has 3 nitrogen and oxygen atoms in total. The minimum Gasteiger partial charge on any atom is -0.353 e. The second-order valence-corrected chi connectivity index (χ2v) is 5.13. The monoisotopic (exact) mass is 200 g/mol. The van der Waals surface area contributed by atoms with Crippen molar-refractivity contribution >= 4 is 17.7 Å². The Hall–Kier alpha value is -0.220. The van der Waals surface area contributed by atoms with Gasteiger partial charge in [-0.1, -0.05) is 0 Å². The lowest BCUT2D eigenvalue weighted by atomic mass is 9.92. The van der Waals surface area contributed by atoms with Crippen molar-refractivity contribution in [3.8, 4) is 0 Å². The Morgan fingerprint density at radius 1 is 1.62 bits per heavy atom. The fourth-order valence-corrected chi connectivity index (χ4v) is 3.30. The van der Waals surface area contributed by atoms with Crippen LogP contribution in [0.4, 0.5) is 0 Å². The van der Waals surface area contributed by atoms with E-state index in [2.05, 4.69) is 10.6 Å². The van der Waals surface area contributed by atoms with Gasteiger partial charge < -0.3 is 5.32 Å². The molecule has 0 bridgehead atoms. The van der Waals surface area contributed by atoms with Crippen LogP contribution in [0.5, 0.6) is 0 Å². The lowest BCUT2D eigenvalue weighted by Gasteiger charge is -2.43. The van der Waals surface area contributed by atoms with E-state index in [4.69, 9.17) is 0 Å². The molecule has 0 aliphatic carbocycles. The first kappa shape index (κ1) is 9.34. The predicted octanol–water partition coefficient (Wildman–Crippen LogP) is 0.360. The number of hydrogen-bond donors (Lipinski definition) is 2. The molecule has 2 rings (SSSR count). The van der Waals surface area contributed by atoms with E-state index in [0.717, 1.165) is 12.3 Å². The van der Waals surface area contributed by atoms with Gasteiger partial charge in [-0.15, -0.1) is 0 Å². The van der Waals surface area contributed by atoms with Crippen molar-refractivity contribution in [1.29, 1.82) is 0 Å². The summed E-state index contributed by atoms with van der Waals surface area (Å²) in [5.41, 5.74) is 0.191. The molecule has 0 aromatic carbocycles. The van der Waals surface area contributed by atoms with E-state index in [0.29, 0.717) is 0 Å². The fraction of sp³-hybridized carbons (Fsp3) is 0.889. The highest BCUT2D eigenvalue weighted by Gasteiger charge is 2.38. The number of amides is 1. The van der Waals surface area contributed by atoms with Crippen LogP contribution in [0.25, 0.3) is 0 Å². The molecule has 2 atom stereocenters. The molecule has 0 aromatic heterocycles. The summed E-state index contributed by atoms with van der Waals surface area (Å²) in [6, 6.07) is -0.0209. The van der Waals surface area contributed by atoms with E-state index in [-0.39, 0.29) is 17.5 Å². The average molecular weight is 200 g/mol. The summed E-state index contributed by atoms with van der Waals surface area (Å²) in [6.45, 7) is 2.75. The highest BCUT2D eigenvalue weighted by molar-refractivity contribution is 7.99. The van der Waals surface area contributed by atoms with Crippen LogP contribution in [0.1, 0.15) is 19.8 Å². The first-order valence-electron chi connectivity index (χ1n) is 4.85. The summed E-state index contributed by atoms with van der Waals surface area (Å²) >= 11 is 1.99. The topological polar surface area (TPSA) is 41.1 Å². The van der Waals surface area contributed by atoms with Crippen molar-refractivity contribution in [1.82, 2.24) is 10.6 Å². The summed E-state index contributed by atoms with van der Waals surface area (Å²) in [4.78, 5) is 11.2. The molecule has 2 saturated heterocycles. The lowest BCUT2D eigenvalue weighted by Crippen LogP contribution is -2.67. The molecule has 4 heteroatoms. The smallest absolute Gasteiger partial charge is 0.236 e. The summed E-state index contributed by atoms with van der Waals surface area (Å²) in [6.07, 6.45) is 2.46. The predicted molar refractivity (Wildman–Crippen MR) is 54.9 cm³/mol.